The number of carbonyl (C=O) groups excluding carboxylic acids is 2. The summed E-state index contributed by atoms with van der Waals surface area (Å²) in [5, 5.41) is 0.982. The van der Waals surface area contributed by atoms with Gasteiger partial charge < -0.3 is 9.30 Å². The third kappa shape index (κ3) is 2.71. The molecule has 0 saturated heterocycles. The van der Waals surface area contributed by atoms with Crippen molar-refractivity contribution < 1.29 is 14.3 Å². The number of ether oxygens (including phenoxy) is 1. The molecule has 1 saturated carbocycles. The zero-order valence-electron chi connectivity index (χ0n) is 15.7. The van der Waals surface area contributed by atoms with Gasteiger partial charge in [0, 0.05) is 24.8 Å². The molecule has 2 aromatic heterocycles. The van der Waals surface area contributed by atoms with E-state index in [0.717, 1.165) is 40.6 Å². The fourth-order valence-corrected chi connectivity index (χ4v) is 3.91. The summed E-state index contributed by atoms with van der Waals surface area (Å²) in [6.45, 7) is 4.41. The summed E-state index contributed by atoms with van der Waals surface area (Å²) >= 11 is 0. The quantitative estimate of drug-likeness (QED) is 0.494. The lowest BCUT2D eigenvalue weighted by atomic mass is 9.67. The van der Waals surface area contributed by atoms with Crippen molar-refractivity contribution in [2.75, 3.05) is 6.61 Å². The molecule has 1 aliphatic carbocycles. The average Bonchev–Trinajstić information content (AvgIpc) is 3.02. The van der Waals surface area contributed by atoms with Crippen molar-refractivity contribution in [2.24, 2.45) is 5.41 Å². The summed E-state index contributed by atoms with van der Waals surface area (Å²) in [6, 6.07) is 7.89. The third-order valence-corrected chi connectivity index (χ3v) is 5.44. The zero-order chi connectivity index (χ0) is 19.0. The van der Waals surface area contributed by atoms with Crippen LogP contribution in [0.3, 0.4) is 0 Å². The molecule has 0 N–H and O–H groups in total. The van der Waals surface area contributed by atoms with Crippen LogP contribution in [0.5, 0.6) is 0 Å². The second-order valence-corrected chi connectivity index (χ2v) is 7.10. The first kappa shape index (κ1) is 17.6. The molecule has 2 heterocycles. The van der Waals surface area contributed by atoms with E-state index in [-0.39, 0.29) is 18.9 Å². The number of aromatic nitrogens is 3. The Bertz CT molecular complexity index is 1040. The van der Waals surface area contributed by atoms with E-state index in [1.807, 2.05) is 24.3 Å². The lowest BCUT2D eigenvalue weighted by molar-refractivity contribution is -0.168. The van der Waals surface area contributed by atoms with E-state index >= 15 is 0 Å². The van der Waals surface area contributed by atoms with E-state index < -0.39 is 11.4 Å². The number of aryl methyl sites for hydroxylation is 1. The standard InChI is InChI=1S/C21H23N3O3/c1-3-7-18-23-16-12-22-15-9-6-5-8-14(15)19(16)24(18)13-21(11-10-17(21)25)20(26)27-4-2/h5-6,8-9,12H,3-4,7,10-11,13H2,1-2H3. The van der Waals surface area contributed by atoms with Gasteiger partial charge in [-0.15, -0.1) is 0 Å². The van der Waals surface area contributed by atoms with Gasteiger partial charge in [-0.3, -0.25) is 14.6 Å². The maximum Gasteiger partial charge on any atom is 0.321 e. The molecule has 1 aromatic carbocycles. The number of esters is 1. The molecular formula is C21H23N3O3. The van der Waals surface area contributed by atoms with Crippen molar-refractivity contribution >= 4 is 33.7 Å². The molecule has 3 aromatic rings. The lowest BCUT2D eigenvalue weighted by Crippen LogP contribution is -2.51. The number of nitrogens with zero attached hydrogens (tertiary/aromatic N) is 3. The van der Waals surface area contributed by atoms with Crippen LogP contribution < -0.4 is 0 Å². The third-order valence-electron chi connectivity index (χ3n) is 5.44. The van der Waals surface area contributed by atoms with Crippen LogP contribution in [0.15, 0.2) is 30.5 Å². The van der Waals surface area contributed by atoms with Crippen molar-refractivity contribution in [2.45, 2.75) is 46.1 Å². The van der Waals surface area contributed by atoms with Crippen LogP contribution >= 0.6 is 0 Å². The van der Waals surface area contributed by atoms with E-state index in [0.29, 0.717) is 12.8 Å². The Kier molecular flexibility index (Phi) is 4.42. The first-order valence-corrected chi connectivity index (χ1v) is 9.54. The summed E-state index contributed by atoms with van der Waals surface area (Å²) < 4.78 is 7.31. The maximum atomic E-state index is 12.7. The van der Waals surface area contributed by atoms with E-state index in [1.54, 1.807) is 13.1 Å². The first-order chi connectivity index (χ1) is 13.1. The second-order valence-electron chi connectivity index (χ2n) is 7.10. The minimum atomic E-state index is -1.09. The Morgan fingerprint density at radius 1 is 1.26 bits per heavy atom. The molecule has 0 radical (unpaired) electrons. The lowest BCUT2D eigenvalue weighted by Gasteiger charge is -2.38. The Hall–Kier alpha value is -2.76. The second kappa shape index (κ2) is 6.76. The van der Waals surface area contributed by atoms with Crippen molar-refractivity contribution in [1.29, 1.82) is 0 Å². The van der Waals surface area contributed by atoms with Crippen LogP contribution in [0.2, 0.25) is 0 Å². The molecular weight excluding hydrogens is 342 g/mol. The highest BCUT2D eigenvalue weighted by atomic mass is 16.5. The summed E-state index contributed by atoms with van der Waals surface area (Å²) in [4.78, 5) is 34.4. The largest absolute Gasteiger partial charge is 0.465 e. The van der Waals surface area contributed by atoms with Crippen LogP contribution in [-0.4, -0.2) is 32.9 Å². The van der Waals surface area contributed by atoms with Gasteiger partial charge in [0.2, 0.25) is 0 Å². The van der Waals surface area contributed by atoms with Crippen LogP contribution in [0.4, 0.5) is 0 Å². The van der Waals surface area contributed by atoms with Crippen molar-refractivity contribution in [3.05, 3.63) is 36.3 Å². The fraction of sp³-hybridized carbons (Fsp3) is 0.429. The number of ketones is 1. The minimum Gasteiger partial charge on any atom is -0.465 e. The molecule has 27 heavy (non-hydrogen) atoms. The topological polar surface area (TPSA) is 74.1 Å². The van der Waals surface area contributed by atoms with Gasteiger partial charge in [-0.1, -0.05) is 25.1 Å². The normalized spacial score (nSPS) is 19.4. The fourth-order valence-electron chi connectivity index (χ4n) is 3.91. The van der Waals surface area contributed by atoms with Gasteiger partial charge in [-0.2, -0.15) is 0 Å². The summed E-state index contributed by atoms with van der Waals surface area (Å²) in [5.41, 5.74) is 1.52. The number of Topliss-reactive ketones (excluding diaryl/α,β-unsaturated/α-hetero) is 1. The Balaban J connectivity index is 1.91. The maximum absolute atomic E-state index is 12.7. The highest BCUT2D eigenvalue weighted by molar-refractivity contribution is 6.08. The predicted octanol–water partition coefficient (Wildman–Crippen LogP) is 3.45. The predicted molar refractivity (Wildman–Crippen MR) is 102 cm³/mol. The van der Waals surface area contributed by atoms with Gasteiger partial charge in [0.05, 0.1) is 23.8 Å². The zero-order valence-corrected chi connectivity index (χ0v) is 15.7. The molecule has 0 bridgehead atoms. The Morgan fingerprint density at radius 2 is 2.07 bits per heavy atom. The van der Waals surface area contributed by atoms with Gasteiger partial charge in [-0.05, 0) is 25.8 Å². The number of hydrogen-bond acceptors (Lipinski definition) is 5. The average molecular weight is 365 g/mol. The summed E-state index contributed by atoms with van der Waals surface area (Å²) in [6.07, 6.45) is 4.42. The molecule has 1 aliphatic rings. The smallest absolute Gasteiger partial charge is 0.321 e. The molecule has 1 atom stereocenters. The van der Waals surface area contributed by atoms with Gasteiger partial charge in [0.25, 0.3) is 0 Å². The molecule has 0 amide bonds. The highest BCUT2D eigenvalue weighted by Crippen LogP contribution is 2.42. The molecule has 0 spiro atoms. The SMILES string of the molecule is CCCc1nc2cnc3ccccc3c2n1CC1(C(=O)OCC)CCC1=O. The van der Waals surface area contributed by atoms with E-state index in [9.17, 15) is 9.59 Å². The van der Waals surface area contributed by atoms with E-state index in [1.165, 1.54) is 0 Å². The minimum absolute atomic E-state index is 0.0383. The van der Waals surface area contributed by atoms with Crippen molar-refractivity contribution in [1.82, 2.24) is 14.5 Å². The summed E-state index contributed by atoms with van der Waals surface area (Å²) in [5.74, 6) is 0.432. The van der Waals surface area contributed by atoms with Crippen LogP contribution in [0.1, 0.15) is 38.9 Å². The molecule has 0 aliphatic heterocycles. The number of benzene rings is 1. The molecule has 140 valence electrons. The molecule has 1 unspecified atom stereocenters. The van der Waals surface area contributed by atoms with E-state index in [2.05, 4.69) is 16.5 Å². The number of carbonyl (C=O) groups is 2. The van der Waals surface area contributed by atoms with Gasteiger partial charge in [-0.25, -0.2) is 4.98 Å². The van der Waals surface area contributed by atoms with Gasteiger partial charge in [0.15, 0.2) is 5.78 Å². The Labute approximate surface area is 157 Å². The highest BCUT2D eigenvalue weighted by Gasteiger charge is 2.54. The van der Waals surface area contributed by atoms with Crippen molar-refractivity contribution in [3.8, 4) is 0 Å². The van der Waals surface area contributed by atoms with Gasteiger partial charge in [0.1, 0.15) is 16.8 Å². The monoisotopic (exact) mass is 365 g/mol. The molecule has 4 rings (SSSR count). The number of imidazole rings is 1. The molecule has 1 fully saturated rings. The number of hydrogen-bond donors (Lipinski definition) is 0. The molecule has 6 nitrogen and oxygen atoms in total. The van der Waals surface area contributed by atoms with Crippen LogP contribution in [0, 0.1) is 5.41 Å². The van der Waals surface area contributed by atoms with Crippen LogP contribution in [-0.2, 0) is 27.3 Å². The number of fused-ring (bicyclic) bond motifs is 3. The molecule has 6 heteroatoms. The number of para-hydroxylation sites is 1. The summed E-state index contributed by atoms with van der Waals surface area (Å²) in [7, 11) is 0. The Morgan fingerprint density at radius 3 is 2.74 bits per heavy atom. The van der Waals surface area contributed by atoms with Gasteiger partial charge >= 0.3 is 5.97 Å². The number of pyridine rings is 1. The number of rotatable bonds is 6. The van der Waals surface area contributed by atoms with Crippen molar-refractivity contribution in [3.63, 3.8) is 0 Å². The first-order valence-electron chi connectivity index (χ1n) is 9.54. The van der Waals surface area contributed by atoms with Crippen LogP contribution in [0.25, 0.3) is 21.9 Å². The van der Waals surface area contributed by atoms with E-state index in [4.69, 9.17) is 9.72 Å².